The molecule has 4 aliphatic rings. The van der Waals surface area contributed by atoms with E-state index < -0.39 is 5.97 Å². The zero-order chi connectivity index (χ0) is 24.7. The minimum Gasteiger partial charge on any atom is -0.477 e. The van der Waals surface area contributed by atoms with Gasteiger partial charge < -0.3 is 29.9 Å². The standard InChI is InChI=1S/C23H34N4O6S/c1-12(9-16(28)26-5-7-33-8-6-26)17-18-13(2)20(19(23(31)32)27(18)22(17)30)34-14-10-15(24-11-14)21(29)25(3)4/h12-15,17-18,24H,5-11H2,1-4H3,(H,31,32)/t12-,13+,14-,15-,17+,18+/m0/s1. The molecule has 3 amide bonds. The van der Waals surface area contributed by atoms with Crippen LogP contribution in [0.5, 0.6) is 0 Å². The van der Waals surface area contributed by atoms with Crippen LogP contribution in [0.3, 0.4) is 0 Å². The summed E-state index contributed by atoms with van der Waals surface area (Å²) < 4.78 is 5.31. The Hall–Kier alpha value is -2.11. The lowest BCUT2D eigenvalue weighted by Gasteiger charge is -2.48. The predicted molar refractivity (Wildman–Crippen MR) is 126 cm³/mol. The first-order valence-corrected chi connectivity index (χ1v) is 12.8. The maximum absolute atomic E-state index is 13.1. The first-order valence-electron chi connectivity index (χ1n) is 11.9. The molecule has 0 aromatic rings. The van der Waals surface area contributed by atoms with Crippen molar-refractivity contribution in [1.29, 1.82) is 0 Å². The molecule has 10 nitrogen and oxygen atoms in total. The minimum atomic E-state index is -1.10. The highest BCUT2D eigenvalue weighted by molar-refractivity contribution is 8.03. The number of likely N-dealkylation sites (N-methyl/N-ethyl adjacent to an activating group) is 1. The van der Waals surface area contributed by atoms with Gasteiger partial charge in [0, 0.05) is 56.2 Å². The zero-order valence-electron chi connectivity index (χ0n) is 20.2. The molecule has 0 unspecified atom stereocenters. The molecule has 0 saturated carbocycles. The van der Waals surface area contributed by atoms with E-state index in [1.165, 1.54) is 16.7 Å². The molecule has 0 bridgehead atoms. The second-order valence-electron chi connectivity index (χ2n) is 9.87. The smallest absolute Gasteiger partial charge is 0.353 e. The highest BCUT2D eigenvalue weighted by Gasteiger charge is 2.60. The van der Waals surface area contributed by atoms with Crippen molar-refractivity contribution in [3.8, 4) is 0 Å². The summed E-state index contributed by atoms with van der Waals surface area (Å²) in [5.41, 5.74) is 0.0674. The average molecular weight is 495 g/mol. The molecule has 3 saturated heterocycles. The summed E-state index contributed by atoms with van der Waals surface area (Å²) in [6, 6.07) is -0.530. The molecule has 0 aromatic heterocycles. The van der Waals surface area contributed by atoms with Crippen LogP contribution in [0.4, 0.5) is 0 Å². The van der Waals surface area contributed by atoms with Crippen molar-refractivity contribution >= 4 is 35.5 Å². The number of nitrogens with one attached hydrogen (secondary N) is 1. The number of carbonyl (C=O) groups is 4. The van der Waals surface area contributed by atoms with Crippen molar-refractivity contribution in [2.45, 2.75) is 44.0 Å². The summed E-state index contributed by atoms with van der Waals surface area (Å²) in [5, 5.41) is 13.2. The fourth-order valence-corrected chi connectivity index (χ4v) is 7.06. The van der Waals surface area contributed by atoms with Crippen LogP contribution in [0.15, 0.2) is 10.6 Å². The maximum Gasteiger partial charge on any atom is 0.353 e. The number of hydrogen-bond acceptors (Lipinski definition) is 7. The van der Waals surface area contributed by atoms with Gasteiger partial charge in [-0.3, -0.25) is 14.4 Å². The molecule has 188 valence electrons. The highest BCUT2D eigenvalue weighted by Crippen LogP contribution is 2.53. The third-order valence-corrected chi connectivity index (χ3v) is 8.90. The van der Waals surface area contributed by atoms with Crippen LogP contribution in [0.2, 0.25) is 0 Å². The predicted octanol–water partition coefficient (Wildman–Crippen LogP) is 0.196. The van der Waals surface area contributed by atoms with Crippen LogP contribution in [-0.2, 0) is 23.9 Å². The van der Waals surface area contributed by atoms with Gasteiger partial charge in [-0.15, -0.1) is 11.8 Å². The van der Waals surface area contributed by atoms with Crippen LogP contribution in [0, 0.1) is 17.8 Å². The van der Waals surface area contributed by atoms with Gasteiger partial charge in [0.05, 0.1) is 31.2 Å². The van der Waals surface area contributed by atoms with E-state index >= 15 is 0 Å². The summed E-state index contributed by atoms with van der Waals surface area (Å²) in [5.74, 6) is -1.98. The molecule has 34 heavy (non-hydrogen) atoms. The number of carboxylic acid groups (broad SMARTS) is 1. The maximum atomic E-state index is 13.1. The van der Waals surface area contributed by atoms with Gasteiger partial charge in [-0.05, 0) is 12.3 Å². The number of aliphatic carboxylic acids is 1. The first kappa shape index (κ1) is 25.0. The van der Waals surface area contributed by atoms with Crippen molar-refractivity contribution in [1.82, 2.24) is 20.0 Å². The first-order chi connectivity index (χ1) is 16.1. The van der Waals surface area contributed by atoms with Gasteiger partial charge in [0.15, 0.2) is 0 Å². The molecule has 0 spiro atoms. The lowest BCUT2D eigenvalue weighted by Crippen LogP contribution is -2.62. The monoisotopic (exact) mass is 494 g/mol. The number of ether oxygens (including phenoxy) is 1. The van der Waals surface area contributed by atoms with Crippen LogP contribution < -0.4 is 5.32 Å². The molecule has 4 aliphatic heterocycles. The Labute approximate surface area is 204 Å². The van der Waals surface area contributed by atoms with E-state index in [2.05, 4.69) is 5.32 Å². The number of β-lactam (4-membered cyclic amide) rings is 1. The lowest BCUT2D eigenvalue weighted by molar-refractivity contribution is -0.161. The van der Waals surface area contributed by atoms with Crippen LogP contribution in [0.25, 0.3) is 0 Å². The van der Waals surface area contributed by atoms with Gasteiger partial charge in [0.1, 0.15) is 5.70 Å². The number of rotatable bonds is 7. The number of thioether (sulfide) groups is 1. The Kier molecular flexibility index (Phi) is 7.25. The number of fused-ring (bicyclic) bond motifs is 1. The minimum absolute atomic E-state index is 0.00725. The van der Waals surface area contributed by atoms with Crippen molar-refractivity contribution in [2.24, 2.45) is 17.8 Å². The second-order valence-corrected chi connectivity index (χ2v) is 11.2. The Morgan fingerprint density at radius 3 is 2.56 bits per heavy atom. The Bertz CT molecular complexity index is 902. The number of nitrogens with zero attached hydrogens (tertiary/aromatic N) is 3. The number of carbonyl (C=O) groups excluding carboxylic acids is 3. The molecule has 6 atom stereocenters. The van der Waals surface area contributed by atoms with Gasteiger partial charge in [0.2, 0.25) is 17.7 Å². The molecule has 11 heteroatoms. The van der Waals surface area contributed by atoms with Gasteiger partial charge in [-0.25, -0.2) is 4.79 Å². The average Bonchev–Trinajstić information content (AvgIpc) is 3.35. The van der Waals surface area contributed by atoms with E-state index in [-0.39, 0.29) is 64.9 Å². The Morgan fingerprint density at radius 2 is 1.94 bits per heavy atom. The van der Waals surface area contributed by atoms with Gasteiger partial charge in [-0.2, -0.15) is 0 Å². The number of amides is 3. The largest absolute Gasteiger partial charge is 0.477 e. The molecule has 2 N–H and O–H groups in total. The van der Waals surface area contributed by atoms with Crippen LogP contribution in [-0.4, -0.2) is 108 Å². The van der Waals surface area contributed by atoms with E-state index in [1.807, 2.05) is 13.8 Å². The highest BCUT2D eigenvalue weighted by atomic mass is 32.2. The fraction of sp³-hybridized carbons (Fsp3) is 0.739. The quantitative estimate of drug-likeness (QED) is 0.482. The van der Waals surface area contributed by atoms with Gasteiger partial charge in [0.25, 0.3) is 0 Å². The normalized spacial score (nSPS) is 31.9. The molecule has 0 aromatic carbocycles. The number of carboxylic acids is 1. The van der Waals surface area contributed by atoms with Gasteiger partial charge in [-0.1, -0.05) is 13.8 Å². The van der Waals surface area contributed by atoms with Crippen LogP contribution in [0.1, 0.15) is 26.7 Å². The van der Waals surface area contributed by atoms with Crippen molar-refractivity contribution in [2.75, 3.05) is 46.9 Å². The van der Waals surface area contributed by atoms with Crippen LogP contribution >= 0.6 is 11.8 Å². The molecule has 0 radical (unpaired) electrons. The summed E-state index contributed by atoms with van der Waals surface area (Å²) in [6.07, 6.45) is 0.872. The fourth-order valence-electron chi connectivity index (χ4n) is 5.58. The molecule has 0 aliphatic carbocycles. The Morgan fingerprint density at radius 1 is 1.26 bits per heavy atom. The topological polar surface area (TPSA) is 119 Å². The molecule has 3 fully saturated rings. The third kappa shape index (κ3) is 4.45. The SMILES string of the molecule is C[C@@H](CC(=O)N1CCOCC1)[C@H]1C(=O)N2C(C(=O)O)=C(S[C@@H]3CN[C@H](C(=O)N(C)C)C3)[C@H](C)[C@H]12. The zero-order valence-corrected chi connectivity index (χ0v) is 21.0. The Balaban J connectivity index is 1.44. The van der Waals surface area contributed by atoms with Gasteiger partial charge >= 0.3 is 5.97 Å². The van der Waals surface area contributed by atoms with E-state index in [0.717, 1.165) is 0 Å². The summed E-state index contributed by atoms with van der Waals surface area (Å²) in [7, 11) is 3.44. The molecule has 4 heterocycles. The van der Waals surface area contributed by atoms with Crippen molar-refractivity contribution in [3.05, 3.63) is 10.6 Å². The van der Waals surface area contributed by atoms with E-state index in [4.69, 9.17) is 4.74 Å². The second kappa shape index (κ2) is 9.87. The number of hydrogen-bond donors (Lipinski definition) is 2. The van der Waals surface area contributed by atoms with E-state index in [1.54, 1.807) is 23.9 Å². The van der Waals surface area contributed by atoms with Crippen molar-refractivity contribution < 1.29 is 29.0 Å². The summed E-state index contributed by atoms with van der Waals surface area (Å²) in [4.78, 5) is 55.8. The lowest BCUT2D eigenvalue weighted by atomic mass is 9.73. The molecular formula is C23H34N4O6S. The van der Waals surface area contributed by atoms with E-state index in [0.29, 0.717) is 44.2 Å². The van der Waals surface area contributed by atoms with Crippen molar-refractivity contribution in [3.63, 3.8) is 0 Å². The summed E-state index contributed by atoms with van der Waals surface area (Å²) in [6.45, 7) is 6.66. The summed E-state index contributed by atoms with van der Waals surface area (Å²) >= 11 is 1.47. The third-order valence-electron chi connectivity index (χ3n) is 7.39. The molecular weight excluding hydrogens is 460 g/mol. The molecule has 4 rings (SSSR count). The number of morpholine rings is 1. The van der Waals surface area contributed by atoms with E-state index in [9.17, 15) is 24.3 Å².